The fraction of sp³-hybridized carbons (Fsp3) is 0.347. The third-order valence-corrected chi connectivity index (χ3v) is 12.5. The molecule has 3 N–H and O–H groups in total. The number of unbranched alkanes of at least 4 members (excludes halogenated alkanes) is 1. The second-order valence-electron chi connectivity index (χ2n) is 16.8. The lowest BCUT2D eigenvalue weighted by atomic mass is 9.91. The first-order valence-electron chi connectivity index (χ1n) is 22.1. The van der Waals surface area contributed by atoms with E-state index in [-0.39, 0.29) is 36.1 Å². The van der Waals surface area contributed by atoms with Gasteiger partial charge in [-0.15, -0.1) is 0 Å². The van der Waals surface area contributed by atoms with Gasteiger partial charge < -0.3 is 20.4 Å². The molecular weight excluding hydrogens is 813 g/mol. The summed E-state index contributed by atoms with van der Waals surface area (Å²) in [6, 6.07) is 22.4. The number of likely N-dealkylation sites (tertiary alicyclic amines) is 1. The number of piperidine rings is 2. The van der Waals surface area contributed by atoms with Gasteiger partial charge in [0.05, 0.1) is 16.8 Å². The van der Waals surface area contributed by atoms with Gasteiger partial charge in [-0.2, -0.15) is 0 Å². The Morgan fingerprint density at radius 2 is 1.53 bits per heavy atom. The number of nitrogens with zero attached hydrogens (tertiary/aromatic N) is 5. The number of pyridine rings is 1. The Balaban J connectivity index is 0.741. The molecule has 3 aromatic carbocycles. The van der Waals surface area contributed by atoms with Crippen molar-refractivity contribution in [2.45, 2.75) is 57.5 Å². The lowest BCUT2D eigenvalue weighted by Crippen LogP contribution is -2.54. The van der Waals surface area contributed by atoms with E-state index in [2.05, 4.69) is 30.7 Å². The fourth-order valence-electron chi connectivity index (χ4n) is 8.91. The third-order valence-electron chi connectivity index (χ3n) is 12.5. The van der Waals surface area contributed by atoms with Crippen LogP contribution in [0.4, 0.5) is 11.4 Å². The molecule has 0 radical (unpaired) electrons. The number of aromatic nitrogens is 1. The van der Waals surface area contributed by atoms with Crippen molar-refractivity contribution in [1.29, 1.82) is 0 Å². The Labute approximate surface area is 371 Å². The van der Waals surface area contributed by atoms with Gasteiger partial charge in [0.15, 0.2) is 0 Å². The number of carbonyl (C=O) groups excluding carboxylic acids is 7. The molecule has 15 heteroatoms. The molecule has 3 fully saturated rings. The normalized spacial score (nSPS) is 18.3. The first kappa shape index (κ1) is 43.6. The van der Waals surface area contributed by atoms with Crippen LogP contribution < -0.4 is 20.9 Å². The molecule has 1 aromatic heterocycles. The van der Waals surface area contributed by atoms with Crippen molar-refractivity contribution in [3.63, 3.8) is 0 Å². The molecule has 0 bridgehead atoms. The SMILES string of the molecule is O=C(/C=C/c1cccnc1)NCCCCC1CCN(C(=O)c2ccc(NC(=O)c3ccc(CN4CCN(c5cccc6c5C(=O)N(C5CCC(=O)NC5=O)C6=O)CC4)cc3)cc2)CC1. The number of piperazine rings is 1. The van der Waals surface area contributed by atoms with Crippen molar-refractivity contribution < 1.29 is 33.6 Å². The molecule has 0 saturated carbocycles. The minimum atomic E-state index is -1.01. The van der Waals surface area contributed by atoms with E-state index in [9.17, 15) is 33.6 Å². The van der Waals surface area contributed by atoms with Crippen molar-refractivity contribution in [1.82, 2.24) is 30.3 Å². The van der Waals surface area contributed by atoms with E-state index in [1.54, 1.807) is 67.0 Å². The highest BCUT2D eigenvalue weighted by molar-refractivity contribution is 6.25. The van der Waals surface area contributed by atoms with E-state index in [4.69, 9.17) is 0 Å². The summed E-state index contributed by atoms with van der Waals surface area (Å²) < 4.78 is 0. The molecule has 330 valence electrons. The van der Waals surface area contributed by atoms with Crippen molar-refractivity contribution in [3.05, 3.63) is 131 Å². The Kier molecular flexibility index (Phi) is 13.6. The van der Waals surface area contributed by atoms with Crippen molar-refractivity contribution in [2.75, 3.05) is 56.0 Å². The van der Waals surface area contributed by atoms with Gasteiger partial charge in [-0.1, -0.05) is 37.1 Å². The van der Waals surface area contributed by atoms with Gasteiger partial charge >= 0.3 is 0 Å². The van der Waals surface area contributed by atoms with Crippen LogP contribution >= 0.6 is 0 Å². The number of nitrogens with one attached hydrogen (secondary N) is 3. The second-order valence-corrected chi connectivity index (χ2v) is 16.8. The van der Waals surface area contributed by atoms with Gasteiger partial charge in [-0.3, -0.25) is 53.7 Å². The average Bonchev–Trinajstić information content (AvgIpc) is 3.57. The topological polar surface area (TPSA) is 181 Å². The molecule has 4 aliphatic rings. The number of amides is 7. The van der Waals surface area contributed by atoms with Crippen LogP contribution in [0.5, 0.6) is 0 Å². The highest BCUT2D eigenvalue weighted by atomic mass is 16.2. The summed E-state index contributed by atoms with van der Waals surface area (Å²) in [6.45, 7) is 5.38. The van der Waals surface area contributed by atoms with Crippen LogP contribution in [0.2, 0.25) is 0 Å². The molecule has 64 heavy (non-hydrogen) atoms. The van der Waals surface area contributed by atoms with E-state index >= 15 is 0 Å². The molecule has 4 aliphatic heterocycles. The summed E-state index contributed by atoms with van der Waals surface area (Å²) in [5.74, 6) is -1.89. The van der Waals surface area contributed by atoms with Gasteiger partial charge in [0.25, 0.3) is 23.6 Å². The predicted octanol–water partition coefficient (Wildman–Crippen LogP) is 4.91. The molecule has 3 saturated heterocycles. The molecule has 4 aromatic rings. The van der Waals surface area contributed by atoms with Gasteiger partial charge in [-0.05, 0) is 103 Å². The van der Waals surface area contributed by atoms with Crippen LogP contribution in [-0.4, -0.2) is 113 Å². The number of anilines is 2. The number of carbonyl (C=O) groups is 7. The summed E-state index contributed by atoms with van der Waals surface area (Å²) >= 11 is 0. The first-order valence-corrected chi connectivity index (χ1v) is 22.1. The maximum Gasteiger partial charge on any atom is 0.264 e. The van der Waals surface area contributed by atoms with Crippen LogP contribution in [0.15, 0.2) is 97.3 Å². The quantitative estimate of drug-likeness (QED) is 0.0896. The van der Waals surface area contributed by atoms with E-state index in [0.29, 0.717) is 86.3 Å². The summed E-state index contributed by atoms with van der Waals surface area (Å²) in [6.07, 6.45) is 11.8. The number of imide groups is 2. The lowest BCUT2D eigenvalue weighted by Gasteiger charge is -2.36. The monoisotopic (exact) mass is 864 g/mol. The zero-order chi connectivity index (χ0) is 44.6. The summed E-state index contributed by atoms with van der Waals surface area (Å²) in [7, 11) is 0. The molecule has 0 aliphatic carbocycles. The summed E-state index contributed by atoms with van der Waals surface area (Å²) in [5, 5.41) is 8.12. The molecule has 8 rings (SSSR count). The zero-order valence-corrected chi connectivity index (χ0v) is 35.7. The van der Waals surface area contributed by atoms with E-state index in [1.165, 1.54) is 6.08 Å². The van der Waals surface area contributed by atoms with Crippen molar-refractivity contribution in [3.8, 4) is 0 Å². The molecule has 7 amide bonds. The van der Waals surface area contributed by atoms with E-state index in [1.807, 2.05) is 35.2 Å². The highest BCUT2D eigenvalue weighted by Crippen LogP contribution is 2.35. The van der Waals surface area contributed by atoms with Gasteiger partial charge in [0.1, 0.15) is 6.04 Å². The van der Waals surface area contributed by atoms with Crippen molar-refractivity contribution in [2.24, 2.45) is 5.92 Å². The molecular formula is C49H52N8O7. The average molecular weight is 865 g/mol. The van der Waals surface area contributed by atoms with Crippen LogP contribution in [0.25, 0.3) is 6.08 Å². The lowest BCUT2D eigenvalue weighted by molar-refractivity contribution is -0.136. The maximum absolute atomic E-state index is 13.6. The number of fused-ring (bicyclic) bond motifs is 1. The van der Waals surface area contributed by atoms with Gasteiger partial charge in [0, 0.05) is 94.1 Å². The third kappa shape index (κ3) is 10.3. The Morgan fingerprint density at radius 3 is 2.25 bits per heavy atom. The summed E-state index contributed by atoms with van der Waals surface area (Å²) in [5.41, 5.74) is 4.85. The largest absolute Gasteiger partial charge is 0.368 e. The molecule has 1 unspecified atom stereocenters. The molecule has 0 spiro atoms. The Bertz CT molecular complexity index is 2420. The highest BCUT2D eigenvalue weighted by Gasteiger charge is 2.46. The van der Waals surface area contributed by atoms with Crippen LogP contribution in [-0.2, 0) is 20.9 Å². The standard InChI is InChI=1S/C49H52N8O7/c58-42(19-11-34-6-4-23-50-31-34)51-24-2-1-5-33-21-25-56(26-22-33)47(62)37-14-16-38(17-15-37)52-45(60)36-12-9-35(10-13-36)32-54-27-29-55(30-28-54)40-8-3-7-39-44(40)49(64)57(48(39)63)41-18-20-43(59)53-46(41)61/h3-4,6-17,19,23,31,33,41H,1-2,5,18,20-22,24-30,32H2,(H,51,58)(H,52,60)(H,53,59,61)/b19-11+. The molecule has 1 atom stereocenters. The molecule has 5 heterocycles. The van der Waals surface area contributed by atoms with Gasteiger partial charge in [0.2, 0.25) is 17.7 Å². The minimum Gasteiger partial charge on any atom is -0.368 e. The Morgan fingerprint density at radius 1 is 0.781 bits per heavy atom. The van der Waals surface area contributed by atoms with Crippen LogP contribution in [0.3, 0.4) is 0 Å². The van der Waals surface area contributed by atoms with Crippen LogP contribution in [0, 0.1) is 5.92 Å². The van der Waals surface area contributed by atoms with Crippen molar-refractivity contribution >= 4 is 58.8 Å². The number of rotatable bonds is 14. The number of benzene rings is 3. The molecule has 15 nitrogen and oxygen atoms in total. The Hall–Kier alpha value is -7.00. The van der Waals surface area contributed by atoms with Gasteiger partial charge in [-0.25, -0.2) is 0 Å². The zero-order valence-electron chi connectivity index (χ0n) is 35.7. The number of hydrogen-bond acceptors (Lipinski definition) is 10. The maximum atomic E-state index is 13.6. The van der Waals surface area contributed by atoms with Crippen LogP contribution in [0.1, 0.15) is 97.5 Å². The first-order chi connectivity index (χ1) is 31.1. The number of hydrogen-bond donors (Lipinski definition) is 3. The van der Waals surface area contributed by atoms with E-state index in [0.717, 1.165) is 48.1 Å². The summed E-state index contributed by atoms with van der Waals surface area (Å²) in [4.78, 5) is 101. The van der Waals surface area contributed by atoms with E-state index < -0.39 is 29.7 Å². The minimum absolute atomic E-state index is 0.0103. The smallest absolute Gasteiger partial charge is 0.264 e. The second kappa shape index (κ2) is 20.0. The fourth-order valence-corrected chi connectivity index (χ4v) is 8.91. The predicted molar refractivity (Wildman–Crippen MR) is 240 cm³/mol.